The van der Waals surface area contributed by atoms with Crippen LogP contribution in [0.2, 0.25) is 0 Å². The van der Waals surface area contributed by atoms with Gasteiger partial charge in [0.2, 0.25) is 5.91 Å². The smallest absolute Gasteiger partial charge is 0.306 e. The lowest BCUT2D eigenvalue weighted by Gasteiger charge is -2.30. The number of aliphatic carboxylic acids is 1. The Labute approximate surface area is 162 Å². The summed E-state index contributed by atoms with van der Waals surface area (Å²) in [7, 11) is 0. The molecule has 9 heteroatoms. The largest absolute Gasteiger partial charge is 0.481 e. The summed E-state index contributed by atoms with van der Waals surface area (Å²) in [5.41, 5.74) is -0.374. The van der Waals surface area contributed by atoms with E-state index in [1.165, 1.54) is 6.07 Å². The van der Waals surface area contributed by atoms with Gasteiger partial charge in [-0.1, -0.05) is 0 Å². The molecule has 0 saturated carbocycles. The molecule has 28 heavy (non-hydrogen) atoms. The average molecular weight is 395 g/mol. The Hall–Kier alpha value is -2.39. The molecule has 154 valence electrons. The monoisotopic (exact) mass is 395 g/mol. The van der Waals surface area contributed by atoms with Gasteiger partial charge in [0.15, 0.2) is 0 Å². The normalized spacial score (nSPS) is 28.4. The number of rotatable bonds is 5. The van der Waals surface area contributed by atoms with Crippen LogP contribution in [0.4, 0.5) is 15.8 Å². The molecule has 5 N–H and O–H groups in total. The predicted octanol–water partition coefficient (Wildman–Crippen LogP) is 1.03. The lowest BCUT2D eigenvalue weighted by atomic mass is 9.91. The summed E-state index contributed by atoms with van der Waals surface area (Å²) in [5.74, 6) is -1.70. The van der Waals surface area contributed by atoms with E-state index < -0.39 is 29.7 Å². The maximum atomic E-state index is 14.7. The van der Waals surface area contributed by atoms with Crippen molar-refractivity contribution in [3.63, 3.8) is 0 Å². The number of carboxylic acids is 1. The molecule has 2 aliphatic heterocycles. The van der Waals surface area contributed by atoms with Gasteiger partial charge in [-0.05, 0) is 43.9 Å². The number of carboxylic acid groups (broad SMARTS) is 1. The lowest BCUT2D eigenvalue weighted by molar-refractivity contribution is -0.143. The van der Waals surface area contributed by atoms with Crippen molar-refractivity contribution in [1.29, 1.82) is 0 Å². The number of piperidine rings is 1. The third-order valence-electron chi connectivity index (χ3n) is 5.41. The Morgan fingerprint density at radius 1 is 1.36 bits per heavy atom. The molecule has 3 rings (SSSR count). The van der Waals surface area contributed by atoms with E-state index >= 15 is 0 Å². The highest BCUT2D eigenvalue weighted by Gasteiger charge is 2.33. The summed E-state index contributed by atoms with van der Waals surface area (Å²) < 4.78 is 14.7. The minimum absolute atomic E-state index is 0.212. The van der Waals surface area contributed by atoms with Crippen LogP contribution in [0.15, 0.2) is 18.2 Å². The topological polar surface area (TPSA) is 122 Å². The average Bonchev–Trinajstić information content (AvgIpc) is 2.79. The first-order valence-electron chi connectivity index (χ1n) is 9.48. The van der Waals surface area contributed by atoms with Crippen molar-refractivity contribution in [3.8, 4) is 0 Å². The zero-order valence-corrected chi connectivity index (χ0v) is 15.5. The summed E-state index contributed by atoms with van der Waals surface area (Å²) in [5, 5.41) is 34.8. The van der Waals surface area contributed by atoms with Crippen LogP contribution in [-0.2, 0) is 9.59 Å². The van der Waals surface area contributed by atoms with Crippen molar-refractivity contribution < 1.29 is 29.3 Å². The fraction of sp³-hybridized carbons (Fsp3) is 0.579. The number of carbonyl (C=O) groups is 2. The molecule has 0 bridgehead atoms. The number of benzene rings is 1. The number of hydrogen-bond acceptors (Lipinski definition) is 6. The van der Waals surface area contributed by atoms with Crippen LogP contribution in [0.25, 0.3) is 0 Å². The van der Waals surface area contributed by atoms with E-state index in [0.717, 1.165) is 0 Å². The zero-order valence-electron chi connectivity index (χ0n) is 15.5. The van der Waals surface area contributed by atoms with Crippen LogP contribution in [0.5, 0.6) is 0 Å². The van der Waals surface area contributed by atoms with Gasteiger partial charge in [0.05, 0.1) is 23.8 Å². The van der Waals surface area contributed by atoms with E-state index in [-0.39, 0.29) is 18.7 Å². The van der Waals surface area contributed by atoms with Gasteiger partial charge in [-0.15, -0.1) is 0 Å². The van der Waals surface area contributed by atoms with Gasteiger partial charge in [0.1, 0.15) is 12.0 Å². The molecule has 1 aromatic carbocycles. The molecule has 0 radical (unpaired) electrons. The summed E-state index contributed by atoms with van der Waals surface area (Å²) in [6, 6.07) is 4.28. The minimum Gasteiger partial charge on any atom is -0.481 e. The number of hydrogen-bond donors (Lipinski definition) is 5. The highest BCUT2D eigenvalue weighted by atomic mass is 19.1. The molecule has 2 heterocycles. The highest BCUT2D eigenvalue weighted by Crippen LogP contribution is 2.31. The number of amides is 1. The number of halogens is 1. The van der Waals surface area contributed by atoms with Crippen molar-refractivity contribution >= 4 is 23.3 Å². The molecule has 0 aromatic heterocycles. The highest BCUT2D eigenvalue weighted by molar-refractivity contribution is 5.77. The SMILES string of the molecule is O=C(O)CC1(O)CCCN(c2ccc(NC3CCC(=O)NC3O)cc2F)CC1. The number of anilines is 2. The van der Waals surface area contributed by atoms with Gasteiger partial charge < -0.3 is 30.9 Å². The molecule has 3 unspecified atom stereocenters. The van der Waals surface area contributed by atoms with E-state index in [9.17, 15) is 24.2 Å². The van der Waals surface area contributed by atoms with Gasteiger partial charge in [-0.2, -0.15) is 0 Å². The third kappa shape index (κ3) is 4.90. The van der Waals surface area contributed by atoms with Crippen molar-refractivity contribution in [2.75, 3.05) is 23.3 Å². The Balaban J connectivity index is 1.65. The molecule has 0 spiro atoms. The Morgan fingerprint density at radius 3 is 2.82 bits per heavy atom. The van der Waals surface area contributed by atoms with Crippen LogP contribution in [0, 0.1) is 5.82 Å². The molecule has 3 atom stereocenters. The molecule has 2 saturated heterocycles. The van der Waals surface area contributed by atoms with Crippen molar-refractivity contribution in [2.45, 2.75) is 56.4 Å². The fourth-order valence-corrected chi connectivity index (χ4v) is 3.88. The van der Waals surface area contributed by atoms with Gasteiger partial charge >= 0.3 is 5.97 Å². The van der Waals surface area contributed by atoms with E-state index in [1.807, 2.05) is 4.90 Å². The van der Waals surface area contributed by atoms with Crippen molar-refractivity contribution in [3.05, 3.63) is 24.0 Å². The molecular formula is C19H26FN3O5. The van der Waals surface area contributed by atoms with Gasteiger partial charge in [-0.3, -0.25) is 9.59 Å². The van der Waals surface area contributed by atoms with Crippen LogP contribution < -0.4 is 15.5 Å². The second-order valence-corrected chi connectivity index (χ2v) is 7.60. The summed E-state index contributed by atoms with van der Waals surface area (Å²) in [6.07, 6.45) is 0.590. The number of aliphatic hydroxyl groups is 2. The quantitative estimate of drug-likeness (QED) is 0.505. The number of nitrogens with zero attached hydrogens (tertiary/aromatic N) is 1. The van der Waals surface area contributed by atoms with Gasteiger partial charge in [-0.25, -0.2) is 4.39 Å². The molecule has 1 aromatic rings. The number of nitrogens with one attached hydrogen (secondary N) is 2. The Morgan fingerprint density at radius 2 is 2.14 bits per heavy atom. The van der Waals surface area contributed by atoms with Crippen LogP contribution in [-0.4, -0.2) is 58.2 Å². The van der Waals surface area contributed by atoms with Crippen molar-refractivity contribution in [1.82, 2.24) is 5.32 Å². The van der Waals surface area contributed by atoms with Gasteiger partial charge in [0, 0.05) is 25.2 Å². The molecule has 0 aliphatic carbocycles. The Kier molecular flexibility index (Phi) is 6.04. The Bertz CT molecular complexity index is 746. The number of carbonyl (C=O) groups excluding carboxylic acids is 1. The summed E-state index contributed by atoms with van der Waals surface area (Å²) in [4.78, 5) is 24.0. The maximum absolute atomic E-state index is 14.7. The molecule has 8 nitrogen and oxygen atoms in total. The zero-order chi connectivity index (χ0) is 20.3. The molecule has 2 fully saturated rings. The predicted molar refractivity (Wildman–Crippen MR) is 100 cm³/mol. The van der Waals surface area contributed by atoms with E-state index in [4.69, 9.17) is 5.11 Å². The second kappa shape index (κ2) is 8.32. The summed E-state index contributed by atoms with van der Waals surface area (Å²) >= 11 is 0. The van der Waals surface area contributed by atoms with Crippen LogP contribution in [0.3, 0.4) is 0 Å². The van der Waals surface area contributed by atoms with E-state index in [1.54, 1.807) is 12.1 Å². The second-order valence-electron chi connectivity index (χ2n) is 7.60. The number of aliphatic hydroxyl groups excluding tert-OH is 1. The molecule has 2 aliphatic rings. The fourth-order valence-electron chi connectivity index (χ4n) is 3.88. The van der Waals surface area contributed by atoms with E-state index in [0.29, 0.717) is 50.1 Å². The molecular weight excluding hydrogens is 369 g/mol. The third-order valence-corrected chi connectivity index (χ3v) is 5.41. The summed E-state index contributed by atoms with van der Waals surface area (Å²) in [6.45, 7) is 0.889. The first kappa shape index (κ1) is 20.3. The van der Waals surface area contributed by atoms with Crippen LogP contribution in [0.1, 0.15) is 38.5 Å². The standard InChI is InChI=1S/C19H26FN3O5/c20-13-10-12(21-14-3-5-16(24)22-18(14)27)2-4-15(13)23-8-1-6-19(28,7-9-23)11-17(25)26/h2,4,10,14,18,21,27-28H,1,3,5-9,11H2,(H,22,24)(H,25,26). The first-order valence-corrected chi connectivity index (χ1v) is 9.48. The molecule has 1 amide bonds. The van der Waals surface area contributed by atoms with Crippen LogP contribution >= 0.6 is 0 Å². The van der Waals surface area contributed by atoms with Gasteiger partial charge in [0.25, 0.3) is 0 Å². The van der Waals surface area contributed by atoms with Crippen molar-refractivity contribution in [2.24, 2.45) is 0 Å². The lowest BCUT2D eigenvalue weighted by Crippen LogP contribution is -2.51. The first-order chi connectivity index (χ1) is 13.3. The van der Waals surface area contributed by atoms with E-state index in [2.05, 4.69) is 10.6 Å². The minimum atomic E-state index is -1.26. The maximum Gasteiger partial charge on any atom is 0.306 e.